The van der Waals surface area contributed by atoms with Crippen LogP contribution in [0.2, 0.25) is 0 Å². The van der Waals surface area contributed by atoms with Crippen molar-refractivity contribution in [1.82, 2.24) is 4.90 Å². The Labute approximate surface area is 166 Å². The van der Waals surface area contributed by atoms with Crippen LogP contribution in [0.5, 0.6) is 11.5 Å². The molecule has 0 saturated carbocycles. The lowest BCUT2D eigenvalue weighted by Gasteiger charge is -2.36. The second kappa shape index (κ2) is 7.82. The summed E-state index contributed by atoms with van der Waals surface area (Å²) in [5.74, 6) is 1.68. The van der Waals surface area contributed by atoms with Crippen LogP contribution in [0.1, 0.15) is 29.2 Å². The van der Waals surface area contributed by atoms with E-state index in [0.717, 1.165) is 36.6 Å². The molecule has 1 atom stereocenters. The van der Waals surface area contributed by atoms with Crippen LogP contribution in [0.25, 0.3) is 10.8 Å². The highest BCUT2D eigenvalue weighted by molar-refractivity contribution is 5.83. The van der Waals surface area contributed by atoms with Gasteiger partial charge in [0.2, 0.25) is 0 Å². The summed E-state index contributed by atoms with van der Waals surface area (Å²) in [6, 6.07) is 17.3. The minimum atomic E-state index is 0.0800. The largest absolute Gasteiger partial charge is 0.493 e. The number of hydrogen-bond acceptors (Lipinski definition) is 4. The Kier molecular flexibility index (Phi) is 5.25. The summed E-state index contributed by atoms with van der Waals surface area (Å²) in [6.07, 6.45) is 0.948. The van der Waals surface area contributed by atoms with E-state index in [1.165, 1.54) is 27.5 Å². The molecule has 0 aromatic heterocycles. The van der Waals surface area contributed by atoms with E-state index < -0.39 is 0 Å². The SMILES string of the molecule is COc1ccc2c(c1OC)CC(C)N(Cc1ccc3cc(CO)ccc3c1)C2. The van der Waals surface area contributed by atoms with Crippen molar-refractivity contribution in [2.45, 2.75) is 39.1 Å². The van der Waals surface area contributed by atoms with E-state index in [0.29, 0.717) is 6.04 Å². The number of benzene rings is 3. The Hall–Kier alpha value is -2.56. The molecular weight excluding hydrogens is 350 g/mol. The molecule has 4 rings (SSSR count). The molecule has 1 N–H and O–H groups in total. The van der Waals surface area contributed by atoms with E-state index >= 15 is 0 Å². The normalized spacial score (nSPS) is 16.8. The molecule has 0 saturated heterocycles. The molecule has 0 aliphatic carbocycles. The van der Waals surface area contributed by atoms with Crippen LogP contribution in [0, 0.1) is 0 Å². The quantitative estimate of drug-likeness (QED) is 0.720. The van der Waals surface area contributed by atoms with Crippen molar-refractivity contribution in [3.63, 3.8) is 0 Å². The molecule has 0 radical (unpaired) electrons. The lowest BCUT2D eigenvalue weighted by molar-refractivity contribution is 0.173. The molecule has 0 amide bonds. The zero-order chi connectivity index (χ0) is 19.7. The molecule has 28 heavy (non-hydrogen) atoms. The third kappa shape index (κ3) is 3.46. The van der Waals surface area contributed by atoms with Gasteiger partial charge in [-0.15, -0.1) is 0 Å². The molecule has 3 aromatic rings. The number of rotatable bonds is 5. The van der Waals surface area contributed by atoms with Crippen molar-refractivity contribution in [1.29, 1.82) is 0 Å². The molecule has 4 heteroatoms. The summed E-state index contributed by atoms with van der Waals surface area (Å²) < 4.78 is 11.1. The highest BCUT2D eigenvalue weighted by atomic mass is 16.5. The van der Waals surface area contributed by atoms with Gasteiger partial charge in [-0.25, -0.2) is 0 Å². The second-order valence-electron chi connectivity index (χ2n) is 7.57. The highest BCUT2D eigenvalue weighted by Gasteiger charge is 2.27. The van der Waals surface area contributed by atoms with Crippen molar-refractivity contribution in [3.8, 4) is 11.5 Å². The first kappa shape index (κ1) is 18.8. The van der Waals surface area contributed by atoms with Gasteiger partial charge in [0.05, 0.1) is 20.8 Å². The summed E-state index contributed by atoms with van der Waals surface area (Å²) in [5.41, 5.74) is 4.83. The minimum Gasteiger partial charge on any atom is -0.493 e. The van der Waals surface area contributed by atoms with Crippen molar-refractivity contribution < 1.29 is 14.6 Å². The van der Waals surface area contributed by atoms with Crippen molar-refractivity contribution in [2.75, 3.05) is 14.2 Å². The Bertz CT molecular complexity index is 999. The Balaban J connectivity index is 1.58. The summed E-state index contributed by atoms with van der Waals surface area (Å²) in [7, 11) is 3.40. The average molecular weight is 377 g/mol. The highest BCUT2D eigenvalue weighted by Crippen LogP contribution is 2.38. The molecule has 0 bridgehead atoms. The molecule has 0 fully saturated rings. The van der Waals surface area contributed by atoms with Crippen LogP contribution in [0.15, 0.2) is 48.5 Å². The van der Waals surface area contributed by atoms with Crippen LogP contribution < -0.4 is 9.47 Å². The standard InChI is InChI=1S/C24H27NO3/c1-16-10-22-21(8-9-23(27-2)24(22)28-3)14-25(16)13-17-4-6-20-12-18(15-26)5-7-19(20)11-17/h4-9,11-12,16,26H,10,13-15H2,1-3H3. The monoisotopic (exact) mass is 377 g/mol. The first-order valence-corrected chi connectivity index (χ1v) is 9.72. The first-order chi connectivity index (χ1) is 13.6. The number of methoxy groups -OCH3 is 2. The Morgan fingerprint density at radius 1 is 0.964 bits per heavy atom. The number of fused-ring (bicyclic) bond motifs is 2. The van der Waals surface area contributed by atoms with Gasteiger partial charge >= 0.3 is 0 Å². The smallest absolute Gasteiger partial charge is 0.164 e. The van der Waals surface area contributed by atoms with E-state index in [-0.39, 0.29) is 6.61 Å². The summed E-state index contributed by atoms with van der Waals surface area (Å²) in [4.78, 5) is 2.51. The molecule has 1 unspecified atom stereocenters. The lowest BCUT2D eigenvalue weighted by Crippen LogP contribution is -2.38. The summed E-state index contributed by atoms with van der Waals surface area (Å²) in [6.45, 7) is 4.16. The minimum absolute atomic E-state index is 0.0800. The second-order valence-corrected chi connectivity index (χ2v) is 7.57. The fraction of sp³-hybridized carbons (Fsp3) is 0.333. The van der Waals surface area contributed by atoms with Crippen LogP contribution >= 0.6 is 0 Å². The first-order valence-electron chi connectivity index (χ1n) is 9.72. The zero-order valence-electron chi connectivity index (χ0n) is 16.7. The van der Waals surface area contributed by atoms with E-state index in [1.54, 1.807) is 14.2 Å². The number of aliphatic hydroxyl groups excluding tert-OH is 1. The van der Waals surface area contributed by atoms with Crippen molar-refractivity contribution >= 4 is 10.8 Å². The van der Waals surface area contributed by atoms with Crippen LogP contribution in [-0.4, -0.2) is 30.3 Å². The van der Waals surface area contributed by atoms with E-state index in [2.05, 4.69) is 48.2 Å². The maximum atomic E-state index is 9.32. The van der Waals surface area contributed by atoms with Crippen molar-refractivity contribution in [3.05, 3.63) is 70.8 Å². The topological polar surface area (TPSA) is 41.9 Å². The van der Waals surface area contributed by atoms with E-state index in [1.807, 2.05) is 12.1 Å². The van der Waals surface area contributed by atoms with Gasteiger partial charge in [-0.2, -0.15) is 0 Å². The fourth-order valence-corrected chi connectivity index (χ4v) is 4.19. The maximum Gasteiger partial charge on any atom is 0.164 e. The van der Waals surface area contributed by atoms with Gasteiger partial charge in [0.1, 0.15) is 0 Å². The van der Waals surface area contributed by atoms with E-state index in [9.17, 15) is 5.11 Å². The van der Waals surface area contributed by atoms with Gasteiger partial charge in [0, 0.05) is 24.7 Å². The van der Waals surface area contributed by atoms with Crippen LogP contribution in [0.4, 0.5) is 0 Å². The number of ether oxygens (including phenoxy) is 2. The molecule has 1 aliphatic rings. The summed E-state index contributed by atoms with van der Waals surface area (Å²) >= 11 is 0. The Morgan fingerprint density at radius 2 is 1.68 bits per heavy atom. The fourth-order valence-electron chi connectivity index (χ4n) is 4.19. The number of hydrogen-bond donors (Lipinski definition) is 1. The Morgan fingerprint density at radius 3 is 2.36 bits per heavy atom. The number of aliphatic hydroxyl groups is 1. The maximum absolute atomic E-state index is 9.32. The third-order valence-corrected chi connectivity index (χ3v) is 5.78. The molecule has 3 aromatic carbocycles. The molecule has 4 nitrogen and oxygen atoms in total. The summed E-state index contributed by atoms with van der Waals surface area (Å²) in [5, 5.41) is 11.7. The van der Waals surface area contributed by atoms with Gasteiger partial charge in [-0.3, -0.25) is 4.90 Å². The third-order valence-electron chi connectivity index (χ3n) is 5.78. The van der Waals surface area contributed by atoms with Crippen LogP contribution in [-0.2, 0) is 26.1 Å². The predicted molar refractivity (Wildman–Crippen MR) is 112 cm³/mol. The molecule has 1 aliphatic heterocycles. The molecular formula is C24H27NO3. The average Bonchev–Trinajstić information content (AvgIpc) is 2.73. The molecule has 0 spiro atoms. The van der Waals surface area contributed by atoms with Gasteiger partial charge in [-0.1, -0.05) is 30.3 Å². The zero-order valence-corrected chi connectivity index (χ0v) is 16.7. The number of nitrogens with zero attached hydrogens (tertiary/aromatic N) is 1. The van der Waals surface area contributed by atoms with Gasteiger partial charge in [0.15, 0.2) is 11.5 Å². The predicted octanol–water partition coefficient (Wildman–Crippen LogP) is 4.30. The molecule has 146 valence electrons. The van der Waals surface area contributed by atoms with Gasteiger partial charge in [0.25, 0.3) is 0 Å². The van der Waals surface area contributed by atoms with Gasteiger partial charge in [-0.05, 0) is 59.0 Å². The lowest BCUT2D eigenvalue weighted by atomic mass is 9.93. The van der Waals surface area contributed by atoms with Crippen LogP contribution in [0.3, 0.4) is 0 Å². The van der Waals surface area contributed by atoms with E-state index in [4.69, 9.17) is 9.47 Å². The van der Waals surface area contributed by atoms with Gasteiger partial charge < -0.3 is 14.6 Å². The van der Waals surface area contributed by atoms with Crippen molar-refractivity contribution in [2.24, 2.45) is 0 Å². The molecule has 1 heterocycles.